The summed E-state index contributed by atoms with van der Waals surface area (Å²) in [6.07, 6.45) is -5.31. The normalized spacial score (nSPS) is 13.6. The van der Waals surface area contributed by atoms with Crippen LogP contribution < -0.4 is 0 Å². The molecule has 0 amide bonds. The second kappa shape index (κ2) is 6.34. The minimum absolute atomic E-state index is 0.0284. The van der Waals surface area contributed by atoms with Crippen molar-refractivity contribution in [2.45, 2.75) is 32.5 Å². The number of rotatable bonds is 5. The molecule has 0 fully saturated rings. The van der Waals surface area contributed by atoms with E-state index in [9.17, 15) is 22.7 Å². The summed E-state index contributed by atoms with van der Waals surface area (Å²) in [4.78, 5) is 0. The molecule has 0 radical (unpaired) electrons. The Morgan fingerprint density at radius 3 is 2.21 bits per heavy atom. The monoisotopic (exact) mass is 280 g/mol. The molecule has 0 aromatic heterocycles. The fourth-order valence-corrected chi connectivity index (χ4v) is 1.72. The molecule has 0 spiro atoms. The lowest BCUT2D eigenvalue weighted by Gasteiger charge is -2.14. The Balaban J connectivity index is 2.52. The first-order valence-corrected chi connectivity index (χ1v) is 5.80. The summed E-state index contributed by atoms with van der Waals surface area (Å²) < 4.78 is 53.3. The average molecular weight is 280 g/mol. The van der Waals surface area contributed by atoms with Gasteiger partial charge in [0.1, 0.15) is 12.4 Å². The molecule has 0 heterocycles. The predicted octanol–water partition coefficient (Wildman–Crippen LogP) is 3.44. The number of alkyl halides is 3. The highest BCUT2D eigenvalue weighted by molar-refractivity contribution is 5.31. The highest BCUT2D eigenvalue weighted by Gasteiger charge is 2.27. The molecule has 1 N–H and O–H groups in total. The predicted molar refractivity (Wildman–Crippen MR) is 62.3 cm³/mol. The van der Waals surface area contributed by atoms with Crippen LogP contribution in [-0.2, 0) is 4.74 Å². The van der Waals surface area contributed by atoms with Crippen LogP contribution in [0, 0.1) is 19.7 Å². The lowest BCUT2D eigenvalue weighted by molar-refractivity contribution is -0.175. The van der Waals surface area contributed by atoms with Gasteiger partial charge in [-0.3, -0.25) is 0 Å². The maximum Gasteiger partial charge on any atom is 0.411 e. The standard InChI is InChI=1S/C13H16F4O2/c1-8-5-10(6-9(2)12(8)14)11(18)3-4-19-7-13(15,16)17/h5-6,11,18H,3-4,7H2,1-2H3. The molecule has 0 saturated heterocycles. The lowest BCUT2D eigenvalue weighted by Crippen LogP contribution is -2.18. The Kier molecular flexibility index (Phi) is 5.31. The summed E-state index contributed by atoms with van der Waals surface area (Å²) in [7, 11) is 0. The zero-order valence-corrected chi connectivity index (χ0v) is 10.7. The Bertz CT molecular complexity index is 406. The molecule has 1 aromatic carbocycles. The molecular weight excluding hydrogens is 264 g/mol. The molecule has 0 aliphatic carbocycles. The van der Waals surface area contributed by atoms with Crippen LogP contribution >= 0.6 is 0 Å². The van der Waals surface area contributed by atoms with Crippen LogP contribution in [0.4, 0.5) is 17.6 Å². The number of hydrogen-bond acceptors (Lipinski definition) is 2. The minimum Gasteiger partial charge on any atom is -0.388 e. The summed E-state index contributed by atoms with van der Waals surface area (Å²) in [5.74, 6) is -0.343. The van der Waals surface area contributed by atoms with Crippen LogP contribution in [0.15, 0.2) is 12.1 Å². The van der Waals surface area contributed by atoms with Gasteiger partial charge in [-0.15, -0.1) is 0 Å². The second-order valence-electron chi connectivity index (χ2n) is 4.44. The van der Waals surface area contributed by atoms with Crippen LogP contribution in [0.25, 0.3) is 0 Å². The van der Waals surface area contributed by atoms with Gasteiger partial charge in [0.2, 0.25) is 0 Å². The van der Waals surface area contributed by atoms with E-state index in [4.69, 9.17) is 0 Å². The van der Waals surface area contributed by atoms with E-state index in [1.54, 1.807) is 13.8 Å². The summed E-state index contributed by atoms with van der Waals surface area (Å²) in [5.41, 5.74) is 1.27. The fourth-order valence-electron chi connectivity index (χ4n) is 1.72. The quantitative estimate of drug-likeness (QED) is 0.661. The molecule has 0 bridgehead atoms. The van der Waals surface area contributed by atoms with E-state index in [1.807, 2.05) is 0 Å². The van der Waals surface area contributed by atoms with Crippen LogP contribution in [0.1, 0.15) is 29.2 Å². The molecule has 2 nitrogen and oxygen atoms in total. The van der Waals surface area contributed by atoms with E-state index in [1.165, 1.54) is 12.1 Å². The molecule has 19 heavy (non-hydrogen) atoms. The summed E-state index contributed by atoms with van der Waals surface area (Å²) in [5, 5.41) is 9.81. The van der Waals surface area contributed by atoms with Crippen LogP contribution in [0.5, 0.6) is 0 Å². The second-order valence-corrected chi connectivity index (χ2v) is 4.44. The van der Waals surface area contributed by atoms with Gasteiger partial charge in [0.15, 0.2) is 0 Å². The molecule has 1 unspecified atom stereocenters. The largest absolute Gasteiger partial charge is 0.411 e. The van der Waals surface area contributed by atoms with Gasteiger partial charge in [0.25, 0.3) is 0 Å². The van der Waals surface area contributed by atoms with Crippen LogP contribution in [-0.4, -0.2) is 24.5 Å². The smallest absolute Gasteiger partial charge is 0.388 e. The third kappa shape index (κ3) is 5.16. The van der Waals surface area contributed by atoms with Gasteiger partial charge in [0, 0.05) is 13.0 Å². The number of ether oxygens (including phenoxy) is 1. The maximum absolute atomic E-state index is 13.4. The molecule has 108 valence electrons. The minimum atomic E-state index is -4.37. The van der Waals surface area contributed by atoms with Crippen LogP contribution in [0.3, 0.4) is 0 Å². The lowest BCUT2D eigenvalue weighted by atomic mass is 10.0. The Morgan fingerprint density at radius 2 is 1.74 bits per heavy atom. The van der Waals surface area contributed by atoms with E-state index < -0.39 is 18.9 Å². The van der Waals surface area contributed by atoms with Crippen molar-refractivity contribution in [3.63, 3.8) is 0 Å². The van der Waals surface area contributed by atoms with Gasteiger partial charge in [0.05, 0.1) is 6.10 Å². The van der Waals surface area contributed by atoms with E-state index in [0.29, 0.717) is 16.7 Å². The molecular formula is C13H16F4O2. The first-order valence-electron chi connectivity index (χ1n) is 5.80. The number of aryl methyl sites for hydroxylation is 2. The van der Waals surface area contributed by atoms with E-state index in [-0.39, 0.29) is 18.8 Å². The first kappa shape index (κ1) is 15.9. The van der Waals surface area contributed by atoms with Gasteiger partial charge in [-0.1, -0.05) is 12.1 Å². The van der Waals surface area contributed by atoms with E-state index in [2.05, 4.69) is 4.74 Å². The van der Waals surface area contributed by atoms with Crippen molar-refractivity contribution in [3.8, 4) is 0 Å². The molecule has 1 rings (SSSR count). The van der Waals surface area contributed by atoms with Crippen molar-refractivity contribution in [2.24, 2.45) is 0 Å². The maximum atomic E-state index is 13.4. The number of hydrogen-bond donors (Lipinski definition) is 1. The SMILES string of the molecule is Cc1cc(C(O)CCOCC(F)(F)F)cc(C)c1F. The molecule has 1 aromatic rings. The van der Waals surface area contributed by atoms with Gasteiger partial charge in [-0.2, -0.15) is 13.2 Å². The van der Waals surface area contributed by atoms with Crippen molar-refractivity contribution in [2.75, 3.05) is 13.2 Å². The molecule has 6 heteroatoms. The number of halogens is 4. The topological polar surface area (TPSA) is 29.5 Å². The third-order valence-corrected chi connectivity index (χ3v) is 2.64. The van der Waals surface area contributed by atoms with Gasteiger partial charge in [-0.25, -0.2) is 4.39 Å². The number of aliphatic hydroxyl groups is 1. The first-order chi connectivity index (χ1) is 8.70. The Hall–Kier alpha value is -1.14. The molecule has 1 atom stereocenters. The molecule has 0 saturated carbocycles. The fraction of sp³-hybridized carbons (Fsp3) is 0.538. The van der Waals surface area contributed by atoms with E-state index in [0.717, 1.165) is 0 Å². The van der Waals surface area contributed by atoms with Gasteiger partial charge < -0.3 is 9.84 Å². The van der Waals surface area contributed by atoms with Crippen molar-refractivity contribution in [1.29, 1.82) is 0 Å². The summed E-state index contributed by atoms with van der Waals surface area (Å²) in [6.45, 7) is 1.59. The average Bonchev–Trinajstić information content (AvgIpc) is 2.29. The number of benzene rings is 1. The molecule has 0 aliphatic heterocycles. The van der Waals surface area contributed by atoms with E-state index >= 15 is 0 Å². The Labute approximate surface area is 109 Å². The molecule has 0 aliphatic rings. The highest BCUT2D eigenvalue weighted by atomic mass is 19.4. The zero-order valence-electron chi connectivity index (χ0n) is 10.7. The van der Waals surface area contributed by atoms with Crippen molar-refractivity contribution in [1.82, 2.24) is 0 Å². The van der Waals surface area contributed by atoms with Crippen molar-refractivity contribution >= 4 is 0 Å². The summed E-state index contributed by atoms with van der Waals surface area (Å²) in [6, 6.07) is 2.97. The summed E-state index contributed by atoms with van der Waals surface area (Å²) >= 11 is 0. The van der Waals surface area contributed by atoms with Crippen LogP contribution in [0.2, 0.25) is 0 Å². The number of aliphatic hydroxyl groups excluding tert-OH is 1. The van der Waals surface area contributed by atoms with Crippen molar-refractivity contribution in [3.05, 3.63) is 34.6 Å². The third-order valence-electron chi connectivity index (χ3n) is 2.64. The highest BCUT2D eigenvalue weighted by Crippen LogP contribution is 2.22. The van der Waals surface area contributed by atoms with Gasteiger partial charge in [-0.05, 0) is 30.5 Å². The Morgan fingerprint density at radius 1 is 1.21 bits per heavy atom. The van der Waals surface area contributed by atoms with Crippen molar-refractivity contribution < 1.29 is 27.4 Å². The zero-order chi connectivity index (χ0) is 14.6. The van der Waals surface area contributed by atoms with Gasteiger partial charge >= 0.3 is 6.18 Å².